The van der Waals surface area contributed by atoms with Crippen molar-refractivity contribution in [2.45, 2.75) is 13.1 Å². The number of benzene rings is 4. The van der Waals surface area contributed by atoms with Crippen molar-refractivity contribution in [2.75, 3.05) is 0 Å². The van der Waals surface area contributed by atoms with E-state index in [9.17, 15) is 9.59 Å². The molecule has 4 aromatic carbocycles. The Morgan fingerprint density at radius 1 is 0.600 bits per heavy atom. The highest BCUT2D eigenvalue weighted by atomic mass is 35.5. The van der Waals surface area contributed by atoms with Crippen LogP contribution in [0.25, 0.3) is 22.3 Å². The molecule has 4 aromatic heterocycles. The zero-order chi connectivity index (χ0) is 38.9. The Morgan fingerprint density at radius 2 is 1.05 bits per heavy atom. The maximum Gasteiger partial charge on any atom is 0.279 e. The summed E-state index contributed by atoms with van der Waals surface area (Å²) >= 11 is 30.0. The Labute approximate surface area is 337 Å². The van der Waals surface area contributed by atoms with Crippen LogP contribution in [-0.4, -0.2) is 50.2 Å². The van der Waals surface area contributed by atoms with Gasteiger partial charge in [0.15, 0.2) is 22.3 Å². The van der Waals surface area contributed by atoms with Crippen LogP contribution in [0.1, 0.15) is 31.8 Å². The standard InChI is InChI=1S/C19H13Cl2N5O.C12H9Cl2N5.C7H5ClO/c20-14-7-4-8-15(21)13(14)9-26-11-24-17(16-18(26)23-10-22-16)25-19(27)12-5-2-1-3-6-12;13-8-2-1-3-9(14)7(8)4-19-6-18-11(15)10-12(19)17-5-16-10;8-7(9)6-4-2-1-3-5-6/h1-8,10-11H,9H2,(H,22,23);1-3,5-6,15H,4H2,(H,16,17);1-5H. The van der Waals surface area contributed by atoms with Gasteiger partial charge in [-0.25, -0.2) is 19.9 Å². The molecule has 276 valence electrons. The number of carbonyl (C=O) groups excluding carboxylic acids is 2. The van der Waals surface area contributed by atoms with Gasteiger partial charge in [-0.1, -0.05) is 107 Å². The molecule has 3 N–H and O–H groups in total. The van der Waals surface area contributed by atoms with E-state index in [1.54, 1.807) is 107 Å². The number of nitrogens with one attached hydrogen (secondary N) is 3. The van der Waals surface area contributed by atoms with E-state index < -0.39 is 5.24 Å². The van der Waals surface area contributed by atoms with Gasteiger partial charge in [0.2, 0.25) is 0 Å². The van der Waals surface area contributed by atoms with E-state index in [4.69, 9.17) is 63.4 Å². The molecular formula is C38H27Cl5N10O2. The van der Waals surface area contributed by atoms with Crippen molar-refractivity contribution in [3.05, 3.63) is 176 Å². The highest BCUT2D eigenvalue weighted by molar-refractivity contribution is 6.67. The second kappa shape index (κ2) is 18.1. The van der Waals surface area contributed by atoms with E-state index in [1.165, 1.54) is 12.7 Å². The molecular weight excluding hydrogens is 806 g/mol. The van der Waals surface area contributed by atoms with Crippen LogP contribution in [0.5, 0.6) is 0 Å². The molecule has 0 unspecified atom stereocenters. The Hall–Kier alpha value is -5.63. The van der Waals surface area contributed by atoms with E-state index in [-0.39, 0.29) is 16.9 Å². The number of aromatic amines is 2. The van der Waals surface area contributed by atoms with Crippen LogP contribution in [0, 0.1) is 5.41 Å². The van der Waals surface area contributed by atoms with Gasteiger partial charge in [-0.2, -0.15) is 4.99 Å². The topological polar surface area (TPSA) is 163 Å². The molecule has 55 heavy (non-hydrogen) atoms. The molecule has 1 amide bonds. The summed E-state index contributed by atoms with van der Waals surface area (Å²) in [6, 6.07) is 28.3. The van der Waals surface area contributed by atoms with E-state index in [1.807, 2.05) is 12.1 Å². The summed E-state index contributed by atoms with van der Waals surface area (Å²) < 4.78 is 3.60. The molecule has 0 spiro atoms. The van der Waals surface area contributed by atoms with Crippen LogP contribution in [-0.2, 0) is 13.1 Å². The van der Waals surface area contributed by atoms with Gasteiger partial charge in [0.1, 0.15) is 11.0 Å². The minimum absolute atomic E-state index is 0.161. The van der Waals surface area contributed by atoms with Crippen LogP contribution in [0.2, 0.25) is 20.1 Å². The Bertz CT molecular complexity index is 2710. The summed E-state index contributed by atoms with van der Waals surface area (Å²) in [5.41, 5.74) is 5.44. The highest BCUT2D eigenvalue weighted by Gasteiger charge is 2.13. The number of rotatable bonds is 6. The smallest absolute Gasteiger partial charge is 0.279 e. The highest BCUT2D eigenvalue weighted by Crippen LogP contribution is 2.26. The van der Waals surface area contributed by atoms with Gasteiger partial charge in [0, 0.05) is 42.3 Å². The maximum absolute atomic E-state index is 12.4. The van der Waals surface area contributed by atoms with Crippen molar-refractivity contribution in [1.82, 2.24) is 39.0 Å². The molecule has 8 aromatic rings. The van der Waals surface area contributed by atoms with Crippen LogP contribution >= 0.6 is 58.0 Å². The van der Waals surface area contributed by atoms with Crippen LogP contribution < -0.4 is 11.0 Å². The quantitative estimate of drug-likeness (QED) is 0.142. The predicted octanol–water partition coefficient (Wildman–Crippen LogP) is 8.52. The SMILES string of the molecule is N=c1ncn(Cc2c(Cl)cccc2Cl)c2nc[nH]c12.O=C(Cl)c1ccccc1.O=C(N=c1ncn(Cc2c(Cl)cccc2Cl)c2nc[nH]c12)c1ccccc1. The molecule has 0 bridgehead atoms. The van der Waals surface area contributed by atoms with Gasteiger partial charge < -0.3 is 19.1 Å². The van der Waals surface area contributed by atoms with Crippen LogP contribution in [0.15, 0.2) is 127 Å². The number of imidazole rings is 2. The summed E-state index contributed by atoms with van der Waals surface area (Å²) in [7, 11) is 0. The number of amides is 1. The van der Waals surface area contributed by atoms with Gasteiger partial charge >= 0.3 is 0 Å². The Morgan fingerprint density at radius 3 is 1.55 bits per heavy atom. The number of H-pyrrole nitrogens is 2. The third-order valence-electron chi connectivity index (χ3n) is 7.90. The number of halogens is 5. The van der Waals surface area contributed by atoms with Gasteiger partial charge in [0.05, 0.1) is 38.4 Å². The van der Waals surface area contributed by atoms with E-state index in [0.29, 0.717) is 66.6 Å². The van der Waals surface area contributed by atoms with E-state index in [2.05, 4.69) is 34.9 Å². The summed E-state index contributed by atoms with van der Waals surface area (Å²) in [6.07, 6.45) is 6.20. The molecule has 8 rings (SSSR count). The lowest BCUT2D eigenvalue weighted by Crippen LogP contribution is -2.17. The van der Waals surface area contributed by atoms with Gasteiger partial charge in [-0.3, -0.25) is 15.0 Å². The van der Waals surface area contributed by atoms with Gasteiger partial charge in [-0.05, 0) is 48.0 Å². The normalized spacial score (nSPS) is 11.1. The van der Waals surface area contributed by atoms with Gasteiger partial charge in [-0.15, -0.1) is 0 Å². The number of carbonyl (C=O) groups is 2. The number of hydrogen-bond acceptors (Lipinski definition) is 7. The zero-order valence-corrected chi connectivity index (χ0v) is 32.1. The first-order valence-electron chi connectivity index (χ1n) is 16.2. The lowest BCUT2D eigenvalue weighted by atomic mass is 10.2. The predicted molar refractivity (Wildman–Crippen MR) is 214 cm³/mol. The molecule has 0 aliphatic rings. The Balaban J connectivity index is 0.000000159. The fourth-order valence-corrected chi connectivity index (χ4v) is 6.33. The average molecular weight is 833 g/mol. The van der Waals surface area contributed by atoms with Crippen molar-refractivity contribution < 1.29 is 9.59 Å². The first-order valence-corrected chi connectivity index (χ1v) is 18.1. The van der Waals surface area contributed by atoms with Crippen molar-refractivity contribution in [3.63, 3.8) is 0 Å². The molecule has 0 saturated heterocycles. The molecule has 0 fully saturated rings. The fourth-order valence-electron chi connectivity index (χ4n) is 5.17. The van der Waals surface area contributed by atoms with Crippen molar-refractivity contribution in [3.8, 4) is 0 Å². The lowest BCUT2D eigenvalue weighted by molar-refractivity contribution is 0.0997. The second-order valence-electron chi connectivity index (χ2n) is 11.4. The van der Waals surface area contributed by atoms with Crippen molar-refractivity contribution in [2.24, 2.45) is 4.99 Å². The first kappa shape index (κ1) is 39.1. The number of aromatic nitrogens is 8. The van der Waals surface area contributed by atoms with Gasteiger partial charge in [0.25, 0.3) is 11.1 Å². The minimum Gasteiger partial charge on any atom is -0.340 e. The molecule has 17 heteroatoms. The molecule has 0 aliphatic heterocycles. The molecule has 12 nitrogen and oxygen atoms in total. The third kappa shape index (κ3) is 9.55. The minimum atomic E-state index is -0.407. The van der Waals surface area contributed by atoms with Crippen molar-refractivity contribution >= 4 is 91.5 Å². The number of hydrogen-bond donors (Lipinski definition) is 3. The Kier molecular flexibility index (Phi) is 12.9. The molecule has 0 saturated carbocycles. The first-order chi connectivity index (χ1) is 26.6. The second-order valence-corrected chi connectivity index (χ2v) is 13.4. The summed E-state index contributed by atoms with van der Waals surface area (Å²) in [6.45, 7) is 0.840. The fraction of sp³-hybridized carbons (Fsp3) is 0.0526. The zero-order valence-electron chi connectivity index (χ0n) is 28.3. The monoisotopic (exact) mass is 830 g/mol. The number of nitrogens with zero attached hydrogens (tertiary/aromatic N) is 7. The third-order valence-corrected chi connectivity index (χ3v) is 9.53. The summed E-state index contributed by atoms with van der Waals surface area (Å²) in [4.78, 5) is 49.6. The van der Waals surface area contributed by atoms with Crippen molar-refractivity contribution in [1.29, 1.82) is 5.41 Å². The van der Waals surface area contributed by atoms with E-state index in [0.717, 1.165) is 11.1 Å². The number of fused-ring (bicyclic) bond motifs is 2. The summed E-state index contributed by atoms with van der Waals surface area (Å²) in [5, 5.41) is 9.60. The molecule has 0 atom stereocenters. The molecule has 0 radical (unpaired) electrons. The average Bonchev–Trinajstić information content (AvgIpc) is 3.90. The largest absolute Gasteiger partial charge is 0.340 e. The molecule has 0 aliphatic carbocycles. The van der Waals surface area contributed by atoms with Crippen LogP contribution in [0.3, 0.4) is 0 Å². The maximum atomic E-state index is 12.4. The van der Waals surface area contributed by atoms with E-state index >= 15 is 0 Å². The lowest BCUT2D eigenvalue weighted by Gasteiger charge is -2.10. The van der Waals surface area contributed by atoms with Crippen LogP contribution in [0.4, 0.5) is 0 Å². The summed E-state index contributed by atoms with van der Waals surface area (Å²) in [5.74, 6) is -0.370. The molecule has 4 heterocycles.